The molecular weight excluding hydrogens is 286 g/mol. The van der Waals surface area contributed by atoms with E-state index in [1.165, 1.54) is 6.07 Å². The summed E-state index contributed by atoms with van der Waals surface area (Å²) in [5.74, 6) is -0.311. The number of hydrogen-bond donors (Lipinski definition) is 2. The smallest absolute Gasteiger partial charge is 0.274 e. The molecule has 1 unspecified atom stereocenters. The summed E-state index contributed by atoms with van der Waals surface area (Å²) in [4.78, 5) is 22.8. The van der Waals surface area contributed by atoms with Crippen molar-refractivity contribution in [3.8, 4) is 0 Å². The lowest BCUT2D eigenvalue weighted by molar-refractivity contribution is -0.385. The van der Waals surface area contributed by atoms with Gasteiger partial charge in [0.05, 0.1) is 11.1 Å². The van der Waals surface area contributed by atoms with Gasteiger partial charge in [-0.15, -0.1) is 0 Å². The van der Waals surface area contributed by atoms with Crippen LogP contribution in [0.1, 0.15) is 17.2 Å². The van der Waals surface area contributed by atoms with Gasteiger partial charge in [0.25, 0.3) is 5.69 Å². The van der Waals surface area contributed by atoms with Crippen molar-refractivity contribution in [2.24, 2.45) is 7.05 Å². The second-order valence-electron chi connectivity index (χ2n) is 4.92. The van der Waals surface area contributed by atoms with E-state index in [-0.39, 0.29) is 11.6 Å². The van der Waals surface area contributed by atoms with Crippen molar-refractivity contribution < 1.29 is 9.72 Å². The molecule has 0 radical (unpaired) electrons. The number of carbonyl (C=O) groups is 1. The monoisotopic (exact) mass is 303 g/mol. The first-order chi connectivity index (χ1) is 10.4. The minimum absolute atomic E-state index is 0.0276. The second kappa shape index (κ2) is 6.35. The molecule has 0 saturated carbocycles. The first-order valence-corrected chi connectivity index (χ1v) is 6.64. The summed E-state index contributed by atoms with van der Waals surface area (Å²) in [7, 11) is 3.42. The summed E-state index contributed by atoms with van der Waals surface area (Å²) in [5.41, 5.74) is 1.61. The Balaban J connectivity index is 2.20. The topological polar surface area (TPSA) is 102 Å². The molecular formula is C14H17N5O3. The molecule has 1 aromatic carbocycles. The molecule has 1 aromatic heterocycles. The van der Waals surface area contributed by atoms with Crippen molar-refractivity contribution >= 4 is 17.3 Å². The summed E-state index contributed by atoms with van der Waals surface area (Å²) >= 11 is 0. The fourth-order valence-electron chi connectivity index (χ4n) is 2.14. The zero-order chi connectivity index (χ0) is 16.3. The van der Waals surface area contributed by atoms with Crippen LogP contribution in [-0.4, -0.2) is 27.7 Å². The largest absolute Gasteiger partial charge is 0.324 e. The van der Waals surface area contributed by atoms with Crippen LogP contribution in [0.15, 0.2) is 30.6 Å². The first kappa shape index (κ1) is 15.6. The number of amides is 1. The molecule has 22 heavy (non-hydrogen) atoms. The van der Waals surface area contributed by atoms with Crippen LogP contribution in [0.3, 0.4) is 0 Å². The Morgan fingerprint density at radius 3 is 2.73 bits per heavy atom. The van der Waals surface area contributed by atoms with Crippen molar-refractivity contribution in [3.63, 3.8) is 0 Å². The molecule has 0 spiro atoms. The van der Waals surface area contributed by atoms with E-state index >= 15 is 0 Å². The third-order valence-electron chi connectivity index (χ3n) is 3.28. The van der Waals surface area contributed by atoms with Gasteiger partial charge in [-0.1, -0.05) is 6.07 Å². The Labute approximate surface area is 127 Å². The lowest BCUT2D eigenvalue weighted by Crippen LogP contribution is -2.30. The fraction of sp³-hybridized carbons (Fsp3) is 0.286. The Morgan fingerprint density at radius 2 is 2.18 bits per heavy atom. The number of nitro benzene ring substituents is 1. The Bertz CT molecular complexity index is 710. The number of rotatable bonds is 5. The SMILES string of the molecule is CNC(C(=O)Nc1ccc(C)c([N+](=O)[O-])c1)c1cnn(C)c1. The zero-order valence-corrected chi connectivity index (χ0v) is 12.5. The van der Waals surface area contributed by atoms with Crippen LogP contribution in [0.25, 0.3) is 0 Å². The molecule has 0 aliphatic heterocycles. The lowest BCUT2D eigenvalue weighted by atomic mass is 10.1. The third kappa shape index (κ3) is 3.29. The summed E-state index contributed by atoms with van der Waals surface area (Å²) < 4.78 is 1.60. The van der Waals surface area contributed by atoms with Gasteiger partial charge >= 0.3 is 0 Å². The maximum Gasteiger partial charge on any atom is 0.274 e. The number of carbonyl (C=O) groups excluding carboxylic acids is 1. The van der Waals surface area contributed by atoms with Gasteiger partial charge in [-0.05, 0) is 20.0 Å². The maximum absolute atomic E-state index is 12.3. The highest BCUT2D eigenvalue weighted by atomic mass is 16.6. The van der Waals surface area contributed by atoms with Gasteiger partial charge in [0, 0.05) is 36.1 Å². The van der Waals surface area contributed by atoms with Gasteiger partial charge in [0.2, 0.25) is 5.91 Å². The Kier molecular flexibility index (Phi) is 4.52. The van der Waals surface area contributed by atoms with Crippen LogP contribution in [0, 0.1) is 17.0 Å². The standard InChI is InChI=1S/C14H17N5O3/c1-9-4-5-11(6-12(9)19(21)22)17-14(20)13(15-2)10-7-16-18(3)8-10/h4-8,13,15H,1-3H3,(H,17,20). The van der Waals surface area contributed by atoms with Gasteiger partial charge < -0.3 is 10.6 Å². The molecule has 0 aliphatic carbocycles. The molecule has 1 heterocycles. The third-order valence-corrected chi connectivity index (χ3v) is 3.28. The normalized spacial score (nSPS) is 12.0. The van der Waals surface area contributed by atoms with Gasteiger partial charge in [-0.3, -0.25) is 19.6 Å². The van der Waals surface area contributed by atoms with E-state index < -0.39 is 11.0 Å². The minimum atomic E-state index is -0.589. The zero-order valence-electron chi connectivity index (χ0n) is 12.5. The lowest BCUT2D eigenvalue weighted by Gasteiger charge is -2.14. The number of hydrogen-bond acceptors (Lipinski definition) is 5. The number of nitro groups is 1. The molecule has 0 saturated heterocycles. The molecule has 0 aliphatic rings. The van der Waals surface area contributed by atoms with Gasteiger partial charge in [0.1, 0.15) is 6.04 Å². The highest BCUT2D eigenvalue weighted by Crippen LogP contribution is 2.23. The molecule has 1 atom stereocenters. The number of nitrogens with zero attached hydrogens (tertiary/aromatic N) is 3. The molecule has 2 rings (SSSR count). The summed E-state index contributed by atoms with van der Waals surface area (Å²) in [6.45, 7) is 1.65. The van der Waals surface area contributed by atoms with Crippen molar-refractivity contribution in [1.29, 1.82) is 0 Å². The first-order valence-electron chi connectivity index (χ1n) is 6.64. The number of benzene rings is 1. The predicted molar refractivity (Wildman–Crippen MR) is 81.5 cm³/mol. The quantitative estimate of drug-likeness (QED) is 0.644. The van der Waals surface area contributed by atoms with Crippen molar-refractivity contribution in [2.75, 3.05) is 12.4 Å². The van der Waals surface area contributed by atoms with Gasteiger partial charge in [-0.25, -0.2) is 0 Å². The maximum atomic E-state index is 12.3. The summed E-state index contributed by atoms with van der Waals surface area (Å²) in [5, 5.41) is 20.6. The highest BCUT2D eigenvalue weighted by Gasteiger charge is 2.21. The van der Waals surface area contributed by atoms with Crippen LogP contribution < -0.4 is 10.6 Å². The molecule has 8 nitrogen and oxygen atoms in total. The van der Waals surface area contributed by atoms with Crippen LogP contribution in [-0.2, 0) is 11.8 Å². The Hall–Kier alpha value is -2.74. The van der Waals surface area contributed by atoms with Crippen molar-refractivity contribution in [2.45, 2.75) is 13.0 Å². The van der Waals surface area contributed by atoms with Crippen LogP contribution in [0.4, 0.5) is 11.4 Å². The number of aromatic nitrogens is 2. The van der Waals surface area contributed by atoms with Crippen molar-refractivity contribution in [1.82, 2.24) is 15.1 Å². The molecule has 2 N–H and O–H groups in total. The Morgan fingerprint density at radius 1 is 1.45 bits per heavy atom. The van der Waals surface area contributed by atoms with Gasteiger partial charge in [-0.2, -0.15) is 5.10 Å². The summed E-state index contributed by atoms with van der Waals surface area (Å²) in [6.07, 6.45) is 3.33. The molecule has 2 aromatic rings. The molecule has 0 fully saturated rings. The number of anilines is 1. The average molecular weight is 303 g/mol. The predicted octanol–water partition coefficient (Wildman–Crippen LogP) is 1.54. The molecule has 0 bridgehead atoms. The second-order valence-corrected chi connectivity index (χ2v) is 4.92. The van der Waals surface area contributed by atoms with Crippen LogP contribution in [0.5, 0.6) is 0 Å². The molecule has 1 amide bonds. The number of aryl methyl sites for hydroxylation is 2. The van der Waals surface area contributed by atoms with E-state index in [4.69, 9.17) is 0 Å². The van der Waals surface area contributed by atoms with Crippen LogP contribution in [0.2, 0.25) is 0 Å². The van der Waals surface area contributed by atoms with E-state index in [0.29, 0.717) is 16.8 Å². The fourth-order valence-corrected chi connectivity index (χ4v) is 2.14. The van der Waals surface area contributed by atoms with E-state index in [2.05, 4.69) is 15.7 Å². The minimum Gasteiger partial charge on any atom is -0.324 e. The van der Waals surface area contributed by atoms with E-state index in [1.54, 1.807) is 50.2 Å². The van der Waals surface area contributed by atoms with E-state index in [1.807, 2.05) is 0 Å². The van der Waals surface area contributed by atoms with E-state index in [9.17, 15) is 14.9 Å². The summed E-state index contributed by atoms with van der Waals surface area (Å²) in [6, 6.07) is 4.00. The van der Waals surface area contributed by atoms with E-state index in [0.717, 1.165) is 0 Å². The number of nitrogens with one attached hydrogen (secondary N) is 2. The molecule has 8 heteroatoms. The molecule has 116 valence electrons. The van der Waals surface area contributed by atoms with Crippen LogP contribution >= 0.6 is 0 Å². The average Bonchev–Trinajstić information content (AvgIpc) is 2.88. The van der Waals surface area contributed by atoms with Crippen molar-refractivity contribution in [3.05, 3.63) is 51.8 Å². The highest BCUT2D eigenvalue weighted by molar-refractivity contribution is 5.95. The number of likely N-dealkylation sites (N-methyl/N-ethyl adjacent to an activating group) is 1. The van der Waals surface area contributed by atoms with Gasteiger partial charge in [0.15, 0.2) is 0 Å².